The van der Waals surface area contributed by atoms with Crippen LogP contribution in [0.3, 0.4) is 0 Å². The van der Waals surface area contributed by atoms with Crippen LogP contribution in [0.5, 0.6) is 0 Å². The maximum Gasteiger partial charge on any atom is 0.326 e. The molecule has 0 aromatic rings. The lowest BCUT2D eigenvalue weighted by molar-refractivity contribution is -0.146. The van der Waals surface area contributed by atoms with Gasteiger partial charge in [0.15, 0.2) is 0 Å². The maximum atomic E-state index is 12.8. The summed E-state index contributed by atoms with van der Waals surface area (Å²) in [5.41, 5.74) is 5.53. The van der Waals surface area contributed by atoms with Gasteiger partial charge in [-0.1, -0.05) is 20.3 Å². The van der Waals surface area contributed by atoms with Crippen LogP contribution >= 0.6 is 0 Å². The molecule has 0 spiro atoms. The summed E-state index contributed by atoms with van der Waals surface area (Å²) in [6.07, 6.45) is 0.254. The van der Waals surface area contributed by atoms with Crippen LogP contribution in [0.2, 0.25) is 0 Å². The molecule has 11 heteroatoms. The van der Waals surface area contributed by atoms with Gasteiger partial charge in [0.1, 0.15) is 24.2 Å². The van der Waals surface area contributed by atoms with E-state index in [2.05, 4.69) is 10.6 Å². The van der Waals surface area contributed by atoms with Crippen molar-refractivity contribution in [1.82, 2.24) is 15.5 Å². The summed E-state index contributed by atoms with van der Waals surface area (Å²) in [4.78, 5) is 50.1. The smallest absolute Gasteiger partial charge is 0.326 e. The number of carbonyl (C=O) groups is 4. The van der Waals surface area contributed by atoms with Crippen molar-refractivity contribution < 1.29 is 34.5 Å². The van der Waals surface area contributed by atoms with Crippen molar-refractivity contribution in [3.05, 3.63) is 0 Å². The lowest BCUT2D eigenvalue weighted by atomic mass is 9.98. The number of nitrogens with zero attached hydrogens (tertiary/aromatic N) is 1. The number of nitrogens with two attached hydrogens (primary N) is 1. The summed E-state index contributed by atoms with van der Waals surface area (Å²) in [5.74, 6) is -3.53. The average Bonchev–Trinajstić information content (AvgIpc) is 3.17. The molecule has 0 aromatic carbocycles. The van der Waals surface area contributed by atoms with E-state index in [9.17, 15) is 34.5 Å². The maximum absolute atomic E-state index is 12.8. The summed E-state index contributed by atoms with van der Waals surface area (Å²) in [5, 5.41) is 33.0. The van der Waals surface area contributed by atoms with Crippen molar-refractivity contribution in [3.8, 4) is 0 Å². The standard InChI is InChI=1S/C18H32N4O7/c1-4-9(2)14(18(28)29)21-15(25)12-6-5-7-22(12)17(27)11(8-23)20-16(26)13(19)10(3)24/h9-14,23-24H,4-8,19H2,1-3H3,(H,20,26)(H,21,25)(H,28,29). The number of nitrogens with one attached hydrogen (secondary N) is 2. The highest BCUT2D eigenvalue weighted by molar-refractivity contribution is 5.94. The Kier molecular flexibility index (Phi) is 9.47. The highest BCUT2D eigenvalue weighted by Crippen LogP contribution is 2.20. The third kappa shape index (κ3) is 6.38. The molecule has 166 valence electrons. The van der Waals surface area contributed by atoms with Gasteiger partial charge >= 0.3 is 5.97 Å². The quantitative estimate of drug-likeness (QED) is 0.231. The first kappa shape index (κ1) is 24.8. The van der Waals surface area contributed by atoms with E-state index >= 15 is 0 Å². The molecule has 3 amide bonds. The Bertz CT molecular complexity index is 613. The number of rotatable bonds is 10. The van der Waals surface area contributed by atoms with Crippen LogP contribution in [0.4, 0.5) is 0 Å². The third-order valence-electron chi connectivity index (χ3n) is 5.23. The van der Waals surface area contributed by atoms with Gasteiger partial charge in [0, 0.05) is 6.54 Å². The number of carbonyl (C=O) groups excluding carboxylic acids is 3. The summed E-state index contributed by atoms with van der Waals surface area (Å²) >= 11 is 0. The van der Waals surface area contributed by atoms with Gasteiger partial charge in [-0.25, -0.2) is 4.79 Å². The first-order valence-corrected chi connectivity index (χ1v) is 9.73. The second kappa shape index (κ2) is 11.1. The number of aliphatic hydroxyl groups is 2. The van der Waals surface area contributed by atoms with E-state index in [1.54, 1.807) is 6.92 Å². The highest BCUT2D eigenvalue weighted by atomic mass is 16.4. The Morgan fingerprint density at radius 1 is 1.21 bits per heavy atom. The van der Waals surface area contributed by atoms with E-state index in [1.165, 1.54) is 11.8 Å². The fourth-order valence-electron chi connectivity index (χ4n) is 3.11. The summed E-state index contributed by atoms with van der Waals surface area (Å²) in [6, 6.07) is -4.58. The molecule has 1 heterocycles. The monoisotopic (exact) mass is 416 g/mol. The molecule has 0 aliphatic carbocycles. The molecule has 6 atom stereocenters. The molecule has 0 radical (unpaired) electrons. The minimum absolute atomic E-state index is 0.229. The van der Waals surface area contributed by atoms with Gasteiger partial charge < -0.3 is 36.6 Å². The van der Waals surface area contributed by atoms with Crippen LogP contribution in [0.1, 0.15) is 40.0 Å². The average molecular weight is 416 g/mol. The van der Waals surface area contributed by atoms with E-state index < -0.39 is 60.6 Å². The zero-order valence-corrected chi connectivity index (χ0v) is 17.0. The minimum Gasteiger partial charge on any atom is -0.480 e. The minimum atomic E-state index is -1.33. The predicted molar refractivity (Wildman–Crippen MR) is 102 cm³/mol. The van der Waals surface area contributed by atoms with Crippen molar-refractivity contribution in [1.29, 1.82) is 0 Å². The number of carboxylic acid groups (broad SMARTS) is 1. The highest BCUT2D eigenvalue weighted by Gasteiger charge is 2.39. The largest absolute Gasteiger partial charge is 0.480 e. The first-order chi connectivity index (χ1) is 13.5. The molecule has 1 aliphatic heterocycles. The third-order valence-corrected chi connectivity index (χ3v) is 5.23. The molecular formula is C18H32N4O7. The SMILES string of the molecule is CCC(C)C(NC(=O)C1CCCN1C(=O)C(CO)NC(=O)C(N)C(C)O)C(=O)O. The molecule has 6 unspecified atom stereocenters. The van der Waals surface area contributed by atoms with Crippen LogP contribution in [0.15, 0.2) is 0 Å². The number of amides is 3. The molecule has 0 saturated carbocycles. The molecule has 1 aliphatic rings. The number of aliphatic hydroxyl groups excluding tert-OH is 2. The molecule has 1 rings (SSSR count). The Morgan fingerprint density at radius 2 is 1.83 bits per heavy atom. The number of aliphatic carboxylic acids is 1. The van der Waals surface area contributed by atoms with Crippen molar-refractivity contribution >= 4 is 23.7 Å². The molecule has 1 fully saturated rings. The molecule has 29 heavy (non-hydrogen) atoms. The lowest BCUT2D eigenvalue weighted by Crippen LogP contribution is -2.59. The lowest BCUT2D eigenvalue weighted by Gasteiger charge is -2.30. The second-order valence-corrected chi connectivity index (χ2v) is 7.41. The van der Waals surface area contributed by atoms with Gasteiger partial charge in [-0.05, 0) is 25.7 Å². The summed E-state index contributed by atoms with van der Waals surface area (Å²) in [6.45, 7) is 4.35. The van der Waals surface area contributed by atoms with Gasteiger partial charge in [-0.2, -0.15) is 0 Å². The molecule has 11 nitrogen and oxygen atoms in total. The van der Waals surface area contributed by atoms with Crippen LogP contribution in [0.25, 0.3) is 0 Å². The summed E-state index contributed by atoms with van der Waals surface area (Å²) in [7, 11) is 0. The Balaban J connectivity index is 2.87. The van der Waals surface area contributed by atoms with Gasteiger partial charge in [-0.15, -0.1) is 0 Å². The normalized spacial score (nSPS) is 21.6. The van der Waals surface area contributed by atoms with Crippen molar-refractivity contribution in [2.75, 3.05) is 13.2 Å². The van der Waals surface area contributed by atoms with E-state index in [0.29, 0.717) is 19.3 Å². The van der Waals surface area contributed by atoms with Crippen LogP contribution < -0.4 is 16.4 Å². The molecule has 7 N–H and O–H groups in total. The number of hydrogen-bond donors (Lipinski definition) is 6. The number of carboxylic acids is 1. The number of likely N-dealkylation sites (tertiary alicyclic amines) is 1. The van der Waals surface area contributed by atoms with E-state index in [-0.39, 0.29) is 12.5 Å². The molecular weight excluding hydrogens is 384 g/mol. The van der Waals surface area contributed by atoms with E-state index in [1.807, 2.05) is 6.92 Å². The van der Waals surface area contributed by atoms with Crippen molar-refractivity contribution in [2.45, 2.75) is 70.3 Å². The second-order valence-electron chi connectivity index (χ2n) is 7.41. The van der Waals surface area contributed by atoms with Gasteiger partial charge in [0.2, 0.25) is 17.7 Å². The van der Waals surface area contributed by atoms with Crippen molar-refractivity contribution in [2.24, 2.45) is 11.7 Å². The van der Waals surface area contributed by atoms with Gasteiger partial charge in [-0.3, -0.25) is 14.4 Å². The van der Waals surface area contributed by atoms with Crippen LogP contribution in [-0.4, -0.2) is 87.3 Å². The molecule has 1 saturated heterocycles. The Labute approximate surface area is 169 Å². The van der Waals surface area contributed by atoms with E-state index in [0.717, 1.165) is 0 Å². The van der Waals surface area contributed by atoms with Crippen molar-refractivity contribution in [3.63, 3.8) is 0 Å². The topological polar surface area (TPSA) is 182 Å². The number of hydrogen-bond acceptors (Lipinski definition) is 7. The van der Waals surface area contributed by atoms with Crippen LogP contribution in [-0.2, 0) is 19.2 Å². The molecule has 0 bridgehead atoms. The van der Waals surface area contributed by atoms with Gasteiger partial charge in [0.05, 0.1) is 12.7 Å². The Morgan fingerprint density at radius 3 is 2.31 bits per heavy atom. The fourth-order valence-corrected chi connectivity index (χ4v) is 3.11. The Hall–Kier alpha value is -2.24. The first-order valence-electron chi connectivity index (χ1n) is 9.73. The zero-order valence-electron chi connectivity index (χ0n) is 17.0. The van der Waals surface area contributed by atoms with E-state index in [4.69, 9.17) is 5.73 Å². The molecule has 0 aromatic heterocycles. The summed E-state index contributed by atoms with van der Waals surface area (Å²) < 4.78 is 0. The zero-order chi connectivity index (χ0) is 22.3. The predicted octanol–water partition coefficient (Wildman–Crippen LogP) is -2.22. The van der Waals surface area contributed by atoms with Crippen LogP contribution in [0, 0.1) is 5.92 Å². The van der Waals surface area contributed by atoms with Gasteiger partial charge in [0.25, 0.3) is 0 Å². The fraction of sp³-hybridized carbons (Fsp3) is 0.778.